The predicted octanol–water partition coefficient (Wildman–Crippen LogP) is 2.03. The average Bonchev–Trinajstić information content (AvgIpc) is 2.88. The molecule has 1 aromatic heterocycles. The van der Waals surface area contributed by atoms with Crippen LogP contribution < -0.4 is 11.0 Å². The zero-order valence-electron chi connectivity index (χ0n) is 12.4. The van der Waals surface area contributed by atoms with E-state index in [4.69, 9.17) is 12.2 Å². The zero-order valence-corrected chi connectivity index (χ0v) is 13.2. The van der Waals surface area contributed by atoms with Gasteiger partial charge in [-0.25, -0.2) is 4.79 Å². The third-order valence-corrected chi connectivity index (χ3v) is 4.54. The maximum atomic E-state index is 12.2. The number of likely N-dealkylation sites (tertiary alicyclic amines) is 1. The molecule has 0 atom stereocenters. The van der Waals surface area contributed by atoms with Crippen LogP contribution in [0.15, 0.2) is 41.7 Å². The molecule has 0 amide bonds. The highest BCUT2D eigenvalue weighted by molar-refractivity contribution is 7.80. The number of hydrogen-bond acceptors (Lipinski definition) is 2. The van der Waals surface area contributed by atoms with Gasteiger partial charge < -0.3 is 15.2 Å². The minimum atomic E-state index is -0.0213. The van der Waals surface area contributed by atoms with E-state index in [1.54, 1.807) is 6.08 Å². The highest BCUT2D eigenvalue weighted by Crippen LogP contribution is 2.24. The van der Waals surface area contributed by atoms with E-state index in [9.17, 15) is 4.79 Å². The second kappa shape index (κ2) is 6.36. The lowest BCUT2D eigenvalue weighted by atomic mass is 10.0. The number of hydrogen-bond donors (Lipinski definition) is 2. The van der Waals surface area contributed by atoms with Gasteiger partial charge in [0, 0.05) is 25.7 Å². The molecule has 1 aliphatic heterocycles. The third kappa shape index (κ3) is 2.78. The number of aromatic amines is 1. The molecule has 1 aliphatic rings. The van der Waals surface area contributed by atoms with Crippen molar-refractivity contribution in [3.05, 3.63) is 47.4 Å². The summed E-state index contributed by atoms with van der Waals surface area (Å²) in [5.74, 6) is 0. The number of para-hydroxylation sites is 2. The summed E-state index contributed by atoms with van der Waals surface area (Å²) in [6.45, 7) is 6.08. The summed E-state index contributed by atoms with van der Waals surface area (Å²) < 4.78 is 1.90. The number of benzene rings is 1. The number of fused-ring (bicyclic) bond motifs is 1. The molecular formula is C16H20N4OS. The Labute approximate surface area is 134 Å². The molecule has 0 unspecified atom stereocenters. The van der Waals surface area contributed by atoms with E-state index in [2.05, 4.69) is 21.8 Å². The van der Waals surface area contributed by atoms with E-state index in [1.165, 1.54) is 0 Å². The van der Waals surface area contributed by atoms with Gasteiger partial charge in [-0.15, -0.1) is 6.58 Å². The van der Waals surface area contributed by atoms with Crippen LogP contribution in [0.25, 0.3) is 11.0 Å². The summed E-state index contributed by atoms with van der Waals surface area (Å²) in [6, 6.07) is 8.07. The van der Waals surface area contributed by atoms with Gasteiger partial charge in [0.1, 0.15) is 0 Å². The quantitative estimate of drug-likeness (QED) is 0.672. The van der Waals surface area contributed by atoms with Crippen LogP contribution in [0.3, 0.4) is 0 Å². The molecule has 0 aliphatic carbocycles. The Hall–Kier alpha value is -2.08. The van der Waals surface area contributed by atoms with Crippen molar-refractivity contribution in [2.75, 3.05) is 19.6 Å². The molecule has 1 aromatic carbocycles. The van der Waals surface area contributed by atoms with E-state index < -0.39 is 0 Å². The minimum absolute atomic E-state index is 0.0213. The number of imidazole rings is 1. The maximum Gasteiger partial charge on any atom is 0.326 e. The summed E-state index contributed by atoms with van der Waals surface area (Å²) in [4.78, 5) is 17.3. The van der Waals surface area contributed by atoms with Gasteiger partial charge in [0.15, 0.2) is 5.11 Å². The van der Waals surface area contributed by atoms with Gasteiger partial charge >= 0.3 is 5.69 Å². The Balaban J connectivity index is 1.73. The van der Waals surface area contributed by atoms with Crippen molar-refractivity contribution in [1.82, 2.24) is 19.8 Å². The van der Waals surface area contributed by atoms with Crippen LogP contribution in [-0.4, -0.2) is 39.2 Å². The predicted molar refractivity (Wildman–Crippen MR) is 93.2 cm³/mol. The van der Waals surface area contributed by atoms with Crippen LogP contribution in [0.2, 0.25) is 0 Å². The summed E-state index contributed by atoms with van der Waals surface area (Å²) in [6.07, 6.45) is 3.62. The van der Waals surface area contributed by atoms with Crippen LogP contribution >= 0.6 is 12.2 Å². The molecule has 22 heavy (non-hydrogen) atoms. The fraction of sp³-hybridized carbons (Fsp3) is 0.375. The van der Waals surface area contributed by atoms with Crippen LogP contribution in [0.5, 0.6) is 0 Å². The molecule has 2 heterocycles. The normalized spacial score (nSPS) is 15.9. The van der Waals surface area contributed by atoms with E-state index in [1.807, 2.05) is 28.8 Å². The molecule has 2 aromatic rings. The van der Waals surface area contributed by atoms with Crippen molar-refractivity contribution in [3.8, 4) is 0 Å². The van der Waals surface area contributed by atoms with Gasteiger partial charge in [0.25, 0.3) is 0 Å². The molecule has 1 fully saturated rings. The average molecular weight is 316 g/mol. The van der Waals surface area contributed by atoms with E-state index in [-0.39, 0.29) is 11.7 Å². The summed E-state index contributed by atoms with van der Waals surface area (Å²) >= 11 is 5.37. The highest BCUT2D eigenvalue weighted by Gasteiger charge is 2.24. The van der Waals surface area contributed by atoms with Crippen molar-refractivity contribution < 1.29 is 0 Å². The number of nitrogens with one attached hydrogen (secondary N) is 2. The Morgan fingerprint density at radius 2 is 2.14 bits per heavy atom. The molecule has 0 saturated carbocycles. The van der Waals surface area contributed by atoms with Gasteiger partial charge in [-0.05, 0) is 37.2 Å². The first kappa shape index (κ1) is 14.8. The van der Waals surface area contributed by atoms with Crippen molar-refractivity contribution >= 4 is 28.4 Å². The standard InChI is InChI=1S/C16H20N4OS/c1-2-9-17-16(22)19-10-7-12(8-11-19)20-14-6-4-3-5-13(14)18-15(20)21/h2-6,12H,1,7-11H2,(H,17,22)(H,18,21). The first-order chi connectivity index (χ1) is 10.7. The smallest absolute Gasteiger partial charge is 0.326 e. The van der Waals surface area contributed by atoms with E-state index in [0.717, 1.165) is 42.1 Å². The molecule has 2 N–H and O–H groups in total. The molecule has 1 saturated heterocycles. The van der Waals surface area contributed by atoms with Crippen molar-refractivity contribution in [3.63, 3.8) is 0 Å². The lowest BCUT2D eigenvalue weighted by Gasteiger charge is -2.34. The van der Waals surface area contributed by atoms with Crippen molar-refractivity contribution in [2.45, 2.75) is 18.9 Å². The van der Waals surface area contributed by atoms with Crippen LogP contribution in [-0.2, 0) is 0 Å². The lowest BCUT2D eigenvalue weighted by Crippen LogP contribution is -2.45. The number of thiocarbonyl (C=S) groups is 1. The molecule has 6 heteroatoms. The molecule has 0 spiro atoms. The third-order valence-electron chi connectivity index (χ3n) is 4.14. The largest absolute Gasteiger partial charge is 0.359 e. The minimum Gasteiger partial charge on any atom is -0.359 e. The second-order valence-corrected chi connectivity index (χ2v) is 5.90. The number of piperidine rings is 1. The number of rotatable bonds is 3. The van der Waals surface area contributed by atoms with Crippen molar-refractivity contribution in [1.29, 1.82) is 0 Å². The lowest BCUT2D eigenvalue weighted by molar-refractivity contribution is 0.265. The molecule has 5 nitrogen and oxygen atoms in total. The topological polar surface area (TPSA) is 53.1 Å². The van der Waals surface area contributed by atoms with Crippen LogP contribution in [0.4, 0.5) is 0 Å². The Morgan fingerprint density at radius 1 is 1.41 bits per heavy atom. The highest BCUT2D eigenvalue weighted by atomic mass is 32.1. The zero-order chi connectivity index (χ0) is 15.5. The summed E-state index contributed by atoms with van der Waals surface area (Å²) in [5, 5.41) is 3.93. The SMILES string of the molecule is C=CCNC(=S)N1CCC(n2c(=O)[nH]c3ccccc32)CC1. The monoisotopic (exact) mass is 316 g/mol. The molecule has 3 rings (SSSR count). The van der Waals surface area contributed by atoms with Gasteiger partial charge in [0.05, 0.1) is 11.0 Å². The Morgan fingerprint density at radius 3 is 2.86 bits per heavy atom. The molecule has 0 bridgehead atoms. The van der Waals surface area contributed by atoms with Gasteiger partial charge in [0.2, 0.25) is 0 Å². The molecular weight excluding hydrogens is 296 g/mol. The first-order valence-corrected chi connectivity index (χ1v) is 7.94. The van der Waals surface area contributed by atoms with Gasteiger partial charge in [-0.2, -0.15) is 0 Å². The first-order valence-electron chi connectivity index (χ1n) is 7.53. The number of aromatic nitrogens is 2. The van der Waals surface area contributed by atoms with E-state index >= 15 is 0 Å². The second-order valence-electron chi connectivity index (χ2n) is 5.51. The summed E-state index contributed by atoms with van der Waals surface area (Å²) in [7, 11) is 0. The fourth-order valence-electron chi connectivity index (χ4n) is 3.04. The summed E-state index contributed by atoms with van der Waals surface area (Å²) in [5.41, 5.74) is 1.86. The van der Waals surface area contributed by atoms with Gasteiger partial charge in [-0.3, -0.25) is 4.57 Å². The Kier molecular flexibility index (Phi) is 4.29. The molecule has 0 radical (unpaired) electrons. The van der Waals surface area contributed by atoms with Crippen molar-refractivity contribution in [2.24, 2.45) is 0 Å². The maximum absolute atomic E-state index is 12.2. The molecule has 116 valence electrons. The fourth-order valence-corrected chi connectivity index (χ4v) is 3.30. The Bertz CT molecular complexity index is 740. The van der Waals surface area contributed by atoms with Gasteiger partial charge in [-0.1, -0.05) is 18.2 Å². The van der Waals surface area contributed by atoms with Crippen LogP contribution in [0, 0.1) is 0 Å². The number of nitrogens with zero attached hydrogens (tertiary/aromatic N) is 2. The van der Waals surface area contributed by atoms with E-state index in [0.29, 0.717) is 6.54 Å². The van der Waals surface area contributed by atoms with Crippen LogP contribution in [0.1, 0.15) is 18.9 Å². The number of H-pyrrole nitrogens is 1.